The molecule has 0 spiro atoms. The molecule has 0 saturated heterocycles. The topological polar surface area (TPSA) is 38.3 Å². The first-order valence-corrected chi connectivity index (χ1v) is 11.2. The van der Waals surface area contributed by atoms with Gasteiger partial charge >= 0.3 is 6.09 Å². The highest BCUT2D eigenvalue weighted by Gasteiger charge is 2.28. The summed E-state index contributed by atoms with van der Waals surface area (Å²) in [5, 5.41) is 2.78. The zero-order valence-corrected chi connectivity index (χ0v) is 19.3. The maximum atomic E-state index is 12.2. The average Bonchev–Trinajstić information content (AvgIpc) is 3.08. The van der Waals surface area contributed by atoms with Gasteiger partial charge in [0.1, 0.15) is 6.61 Å². The summed E-state index contributed by atoms with van der Waals surface area (Å²) in [5.41, 5.74) is 5.76. The first kappa shape index (κ1) is 20.7. The van der Waals surface area contributed by atoms with E-state index in [9.17, 15) is 4.79 Å². The molecule has 0 radical (unpaired) electrons. The molecule has 0 bridgehead atoms. The van der Waals surface area contributed by atoms with E-state index in [4.69, 9.17) is 4.74 Å². The lowest BCUT2D eigenvalue weighted by molar-refractivity contribution is 0.143. The van der Waals surface area contributed by atoms with Gasteiger partial charge in [-0.2, -0.15) is 0 Å². The van der Waals surface area contributed by atoms with Crippen molar-refractivity contribution >= 4 is 38.0 Å². The molecular weight excluding hydrogens is 506 g/mol. The van der Waals surface area contributed by atoms with Gasteiger partial charge in [-0.25, -0.2) is 4.79 Å². The van der Waals surface area contributed by atoms with E-state index in [1.165, 1.54) is 22.3 Å². The summed E-state index contributed by atoms with van der Waals surface area (Å²) in [7, 11) is 0. The lowest BCUT2D eigenvalue weighted by Crippen LogP contribution is -2.26. The van der Waals surface area contributed by atoms with Crippen molar-refractivity contribution in [2.24, 2.45) is 0 Å². The van der Waals surface area contributed by atoms with Gasteiger partial charge in [0.15, 0.2) is 0 Å². The first-order chi connectivity index (χ1) is 14.6. The summed E-state index contributed by atoms with van der Waals surface area (Å²) in [6.07, 6.45) is 0.130. The van der Waals surface area contributed by atoms with Crippen molar-refractivity contribution in [3.8, 4) is 23.0 Å². The van der Waals surface area contributed by atoms with Gasteiger partial charge in [-0.3, -0.25) is 0 Å². The van der Waals surface area contributed by atoms with Crippen LogP contribution in [0.25, 0.3) is 11.1 Å². The number of benzene rings is 3. The first-order valence-electron chi connectivity index (χ1n) is 9.66. The van der Waals surface area contributed by atoms with Crippen LogP contribution in [0.5, 0.6) is 0 Å². The number of alkyl carbamates (subject to hydrolysis) is 1. The second-order valence-electron chi connectivity index (χ2n) is 6.93. The number of hydrogen-bond donors (Lipinski definition) is 1. The fourth-order valence-corrected chi connectivity index (χ4v) is 4.33. The van der Waals surface area contributed by atoms with Crippen LogP contribution in [0, 0.1) is 11.8 Å². The molecule has 1 aliphatic rings. The van der Waals surface area contributed by atoms with E-state index in [-0.39, 0.29) is 5.92 Å². The summed E-state index contributed by atoms with van der Waals surface area (Å²) in [4.78, 5) is 12.2. The monoisotopic (exact) mass is 523 g/mol. The van der Waals surface area contributed by atoms with Gasteiger partial charge in [0.25, 0.3) is 0 Å². The molecule has 3 nitrogen and oxygen atoms in total. The van der Waals surface area contributed by atoms with Crippen molar-refractivity contribution in [3.05, 3.63) is 92.4 Å². The predicted octanol–water partition coefficient (Wildman–Crippen LogP) is 6.49. The highest BCUT2D eigenvalue weighted by atomic mass is 79.9. The fraction of sp³-hybridized carbons (Fsp3) is 0.160. The van der Waals surface area contributed by atoms with Gasteiger partial charge in [0, 0.05) is 33.4 Å². The molecule has 0 heterocycles. The molecule has 0 fully saturated rings. The Morgan fingerprint density at radius 2 is 1.63 bits per heavy atom. The average molecular weight is 525 g/mol. The molecule has 0 atom stereocenters. The second-order valence-corrected chi connectivity index (χ2v) is 8.70. The van der Waals surface area contributed by atoms with Gasteiger partial charge in [-0.15, -0.1) is 0 Å². The van der Waals surface area contributed by atoms with E-state index >= 15 is 0 Å². The molecule has 0 saturated carbocycles. The minimum absolute atomic E-state index is 0.0665. The molecule has 1 N–H and O–H groups in total. The van der Waals surface area contributed by atoms with Crippen LogP contribution in [-0.2, 0) is 4.74 Å². The summed E-state index contributed by atoms with van der Waals surface area (Å²) in [6, 6.07) is 22.5. The molecule has 30 heavy (non-hydrogen) atoms. The van der Waals surface area contributed by atoms with Crippen LogP contribution < -0.4 is 5.32 Å². The number of hydrogen-bond acceptors (Lipinski definition) is 2. The van der Waals surface area contributed by atoms with Crippen LogP contribution in [0.4, 0.5) is 4.79 Å². The molecule has 4 rings (SSSR count). The molecule has 0 unspecified atom stereocenters. The van der Waals surface area contributed by atoms with E-state index in [1.54, 1.807) is 0 Å². The van der Waals surface area contributed by atoms with E-state index in [1.807, 2.05) is 42.5 Å². The number of carbonyl (C=O) groups is 1. The van der Waals surface area contributed by atoms with E-state index in [0.29, 0.717) is 19.6 Å². The molecule has 1 amide bonds. The fourth-order valence-electron chi connectivity index (χ4n) is 3.63. The third kappa shape index (κ3) is 4.61. The summed E-state index contributed by atoms with van der Waals surface area (Å²) < 4.78 is 7.45. The molecule has 5 heteroatoms. The maximum Gasteiger partial charge on any atom is 0.407 e. The standard InChI is InChI=1S/C25H19Br2NO2/c26-18-12-13-24(27)17(15-18)7-5-6-14-28-25(29)30-16-23-21-10-3-1-8-19(21)20-9-2-4-11-22(20)23/h1-4,8-13,15,23H,6,14,16H2,(H,28,29). The van der Waals surface area contributed by atoms with Crippen LogP contribution in [-0.4, -0.2) is 19.2 Å². The Balaban J connectivity index is 1.30. The zero-order chi connectivity index (χ0) is 20.9. The van der Waals surface area contributed by atoms with Gasteiger partial charge in [-0.1, -0.05) is 76.3 Å². The number of nitrogens with one attached hydrogen (secondary N) is 1. The van der Waals surface area contributed by atoms with Crippen LogP contribution in [0.15, 0.2) is 75.7 Å². The smallest absolute Gasteiger partial charge is 0.407 e. The number of carbonyl (C=O) groups excluding carboxylic acids is 1. The Hall–Kier alpha value is -2.55. The van der Waals surface area contributed by atoms with Gasteiger partial charge in [-0.05, 0) is 56.4 Å². The molecule has 3 aromatic carbocycles. The highest BCUT2D eigenvalue weighted by Crippen LogP contribution is 2.44. The Labute approximate surface area is 193 Å². The Kier molecular flexibility index (Phi) is 6.56. The van der Waals surface area contributed by atoms with Gasteiger partial charge in [0.05, 0.1) is 0 Å². The molecule has 150 valence electrons. The minimum Gasteiger partial charge on any atom is -0.449 e. The molecule has 1 aliphatic carbocycles. The van der Waals surface area contributed by atoms with Crippen molar-refractivity contribution in [1.29, 1.82) is 0 Å². The van der Waals surface area contributed by atoms with Gasteiger partial charge in [0.2, 0.25) is 0 Å². The van der Waals surface area contributed by atoms with E-state index in [0.717, 1.165) is 14.5 Å². The summed E-state index contributed by atoms with van der Waals surface area (Å²) in [6.45, 7) is 0.756. The largest absolute Gasteiger partial charge is 0.449 e. The molecular formula is C25H19Br2NO2. The third-order valence-electron chi connectivity index (χ3n) is 5.01. The lowest BCUT2D eigenvalue weighted by Gasteiger charge is -2.14. The molecule has 0 aliphatic heterocycles. The lowest BCUT2D eigenvalue weighted by atomic mass is 9.98. The number of rotatable bonds is 4. The maximum absolute atomic E-state index is 12.2. The second kappa shape index (κ2) is 9.51. The predicted molar refractivity (Wildman–Crippen MR) is 126 cm³/mol. The van der Waals surface area contributed by atoms with Crippen LogP contribution >= 0.6 is 31.9 Å². The summed E-state index contributed by atoms with van der Waals surface area (Å²) >= 11 is 6.93. The Bertz CT molecular complexity index is 1100. The van der Waals surface area contributed by atoms with Crippen molar-refractivity contribution in [3.63, 3.8) is 0 Å². The SMILES string of the molecule is O=C(NCCC#Cc1cc(Br)ccc1Br)OCC1c2ccccc2-c2ccccc21. The van der Waals surface area contributed by atoms with Crippen LogP contribution in [0.2, 0.25) is 0 Å². The Morgan fingerprint density at radius 3 is 2.33 bits per heavy atom. The van der Waals surface area contributed by atoms with E-state index < -0.39 is 6.09 Å². The highest BCUT2D eigenvalue weighted by molar-refractivity contribution is 9.11. The van der Waals surface area contributed by atoms with Crippen molar-refractivity contribution in [2.45, 2.75) is 12.3 Å². The van der Waals surface area contributed by atoms with Crippen molar-refractivity contribution in [2.75, 3.05) is 13.2 Å². The van der Waals surface area contributed by atoms with Gasteiger partial charge < -0.3 is 10.1 Å². The number of halogens is 2. The van der Waals surface area contributed by atoms with E-state index in [2.05, 4.69) is 73.3 Å². The van der Waals surface area contributed by atoms with Crippen LogP contribution in [0.3, 0.4) is 0 Å². The molecule has 0 aromatic heterocycles. The van der Waals surface area contributed by atoms with Crippen molar-refractivity contribution < 1.29 is 9.53 Å². The number of fused-ring (bicyclic) bond motifs is 3. The third-order valence-corrected chi connectivity index (χ3v) is 6.20. The molecule has 3 aromatic rings. The number of ether oxygens (including phenoxy) is 1. The van der Waals surface area contributed by atoms with Crippen molar-refractivity contribution in [1.82, 2.24) is 5.32 Å². The summed E-state index contributed by atoms with van der Waals surface area (Å²) in [5.74, 6) is 6.25. The normalized spacial score (nSPS) is 11.8. The van der Waals surface area contributed by atoms with Crippen LogP contribution in [0.1, 0.15) is 29.0 Å². The minimum atomic E-state index is -0.415. The quantitative estimate of drug-likeness (QED) is 0.313. The zero-order valence-electron chi connectivity index (χ0n) is 16.1. The Morgan fingerprint density at radius 1 is 0.967 bits per heavy atom. The number of amides is 1.